The second-order valence-corrected chi connectivity index (χ2v) is 5.70. The molecule has 3 rings (SSSR count). The van der Waals surface area contributed by atoms with Gasteiger partial charge in [0.2, 0.25) is 0 Å². The zero-order valence-electron chi connectivity index (χ0n) is 11.5. The first kappa shape index (κ1) is 12.4. The lowest BCUT2D eigenvalue weighted by atomic mass is 9.78. The SMILES string of the molecule is CC1(c2cncn2Cc2ccccc2)CCNCC1. The van der Waals surface area contributed by atoms with E-state index in [0.29, 0.717) is 0 Å². The maximum absolute atomic E-state index is 4.38. The van der Waals surface area contributed by atoms with Crippen LogP contribution in [0.15, 0.2) is 42.9 Å². The van der Waals surface area contributed by atoms with Crippen LogP contribution in [0.25, 0.3) is 0 Å². The molecule has 0 unspecified atom stereocenters. The molecule has 1 aromatic heterocycles. The fraction of sp³-hybridized carbons (Fsp3) is 0.438. The second-order valence-electron chi connectivity index (χ2n) is 5.70. The van der Waals surface area contributed by atoms with Gasteiger partial charge in [-0.3, -0.25) is 0 Å². The van der Waals surface area contributed by atoms with Gasteiger partial charge >= 0.3 is 0 Å². The van der Waals surface area contributed by atoms with Crippen LogP contribution in [-0.4, -0.2) is 22.6 Å². The van der Waals surface area contributed by atoms with Crippen molar-refractivity contribution >= 4 is 0 Å². The Bertz CT molecular complexity index is 524. The second kappa shape index (κ2) is 5.17. The minimum absolute atomic E-state index is 0.260. The number of hydrogen-bond acceptors (Lipinski definition) is 2. The number of nitrogens with zero attached hydrogens (tertiary/aromatic N) is 2. The van der Waals surface area contributed by atoms with Crippen molar-refractivity contribution in [2.24, 2.45) is 0 Å². The van der Waals surface area contributed by atoms with Crippen LogP contribution < -0.4 is 5.32 Å². The van der Waals surface area contributed by atoms with E-state index >= 15 is 0 Å². The summed E-state index contributed by atoms with van der Waals surface area (Å²) in [6.45, 7) is 5.49. The summed E-state index contributed by atoms with van der Waals surface area (Å²) < 4.78 is 2.31. The third kappa shape index (κ3) is 2.56. The van der Waals surface area contributed by atoms with Crippen molar-refractivity contribution in [2.75, 3.05) is 13.1 Å². The van der Waals surface area contributed by atoms with Crippen LogP contribution in [0.3, 0.4) is 0 Å². The van der Waals surface area contributed by atoms with E-state index in [-0.39, 0.29) is 5.41 Å². The third-order valence-corrected chi connectivity index (χ3v) is 4.23. The highest BCUT2D eigenvalue weighted by atomic mass is 15.1. The lowest BCUT2D eigenvalue weighted by molar-refractivity contribution is 0.318. The Labute approximate surface area is 114 Å². The fourth-order valence-corrected chi connectivity index (χ4v) is 2.96. The summed E-state index contributed by atoms with van der Waals surface area (Å²) in [5.41, 5.74) is 2.97. The number of benzene rings is 1. The number of aromatic nitrogens is 2. The van der Waals surface area contributed by atoms with E-state index in [1.165, 1.54) is 24.1 Å². The van der Waals surface area contributed by atoms with Crippen LogP contribution in [0.2, 0.25) is 0 Å². The number of nitrogens with one attached hydrogen (secondary N) is 1. The van der Waals surface area contributed by atoms with Crippen molar-refractivity contribution in [3.05, 3.63) is 54.1 Å². The van der Waals surface area contributed by atoms with Gasteiger partial charge in [0, 0.05) is 23.9 Å². The summed E-state index contributed by atoms with van der Waals surface area (Å²) in [4.78, 5) is 4.38. The minimum Gasteiger partial charge on any atom is -0.330 e. The number of rotatable bonds is 3. The molecule has 3 nitrogen and oxygen atoms in total. The van der Waals surface area contributed by atoms with Crippen LogP contribution in [-0.2, 0) is 12.0 Å². The molecule has 3 heteroatoms. The summed E-state index contributed by atoms with van der Waals surface area (Å²) in [6, 6.07) is 10.6. The first-order valence-corrected chi connectivity index (χ1v) is 7.03. The predicted octanol–water partition coefficient (Wildman–Crippen LogP) is 2.57. The molecule has 1 saturated heterocycles. The van der Waals surface area contributed by atoms with Gasteiger partial charge in [-0.05, 0) is 31.5 Å². The Kier molecular flexibility index (Phi) is 3.38. The molecule has 1 aromatic carbocycles. The molecule has 1 aliphatic heterocycles. The van der Waals surface area contributed by atoms with Gasteiger partial charge in [-0.2, -0.15) is 0 Å². The van der Waals surface area contributed by atoms with Crippen LogP contribution >= 0.6 is 0 Å². The fourth-order valence-electron chi connectivity index (χ4n) is 2.96. The minimum atomic E-state index is 0.260. The Balaban J connectivity index is 1.86. The van der Waals surface area contributed by atoms with Crippen molar-refractivity contribution in [2.45, 2.75) is 31.7 Å². The Morgan fingerprint density at radius 2 is 1.95 bits per heavy atom. The molecule has 0 spiro atoms. The summed E-state index contributed by atoms with van der Waals surface area (Å²) >= 11 is 0. The highest BCUT2D eigenvalue weighted by Gasteiger charge is 2.31. The lowest BCUT2D eigenvalue weighted by Crippen LogP contribution is -2.39. The molecule has 0 radical (unpaired) electrons. The number of piperidine rings is 1. The molecule has 0 amide bonds. The largest absolute Gasteiger partial charge is 0.330 e. The molecule has 0 aliphatic carbocycles. The number of hydrogen-bond donors (Lipinski definition) is 1. The van der Waals surface area contributed by atoms with Crippen LogP contribution in [0.4, 0.5) is 0 Å². The summed E-state index contributed by atoms with van der Waals surface area (Å²) in [5.74, 6) is 0. The highest BCUT2D eigenvalue weighted by molar-refractivity contribution is 5.20. The first-order chi connectivity index (χ1) is 9.28. The van der Waals surface area contributed by atoms with Crippen LogP contribution in [0.1, 0.15) is 31.0 Å². The lowest BCUT2D eigenvalue weighted by Gasteiger charge is -2.34. The molecule has 2 heterocycles. The molecule has 2 aromatic rings. The smallest absolute Gasteiger partial charge is 0.0951 e. The van der Waals surface area contributed by atoms with Gasteiger partial charge in [-0.25, -0.2) is 4.98 Å². The monoisotopic (exact) mass is 255 g/mol. The van der Waals surface area contributed by atoms with E-state index < -0.39 is 0 Å². The molecular weight excluding hydrogens is 234 g/mol. The zero-order chi connectivity index (χ0) is 13.1. The number of imidazole rings is 1. The average molecular weight is 255 g/mol. The average Bonchev–Trinajstić information content (AvgIpc) is 2.90. The van der Waals surface area contributed by atoms with Crippen molar-refractivity contribution in [3.8, 4) is 0 Å². The topological polar surface area (TPSA) is 29.9 Å². The van der Waals surface area contributed by atoms with Gasteiger partial charge in [0.15, 0.2) is 0 Å². The molecule has 100 valence electrons. The Hall–Kier alpha value is -1.61. The summed E-state index contributed by atoms with van der Waals surface area (Å²) in [7, 11) is 0. The van der Waals surface area contributed by atoms with Crippen LogP contribution in [0.5, 0.6) is 0 Å². The molecule has 1 fully saturated rings. The molecule has 0 bridgehead atoms. The van der Waals surface area contributed by atoms with Gasteiger partial charge in [0.1, 0.15) is 0 Å². The first-order valence-electron chi connectivity index (χ1n) is 7.03. The van der Waals surface area contributed by atoms with Gasteiger partial charge in [-0.15, -0.1) is 0 Å². The van der Waals surface area contributed by atoms with Gasteiger partial charge in [-0.1, -0.05) is 37.3 Å². The third-order valence-electron chi connectivity index (χ3n) is 4.23. The van der Waals surface area contributed by atoms with E-state index in [2.05, 4.69) is 52.1 Å². The quantitative estimate of drug-likeness (QED) is 0.913. The highest BCUT2D eigenvalue weighted by Crippen LogP contribution is 2.32. The normalized spacial score (nSPS) is 18.4. The standard InChI is InChI=1S/C16H21N3/c1-16(7-9-17-10-8-16)15-11-18-13-19(15)12-14-5-3-2-4-6-14/h2-6,11,13,17H,7-10,12H2,1H3. The molecular formula is C16H21N3. The van der Waals surface area contributed by atoms with Gasteiger partial charge < -0.3 is 9.88 Å². The van der Waals surface area contributed by atoms with Gasteiger partial charge in [0.25, 0.3) is 0 Å². The van der Waals surface area contributed by atoms with E-state index in [0.717, 1.165) is 19.6 Å². The maximum atomic E-state index is 4.38. The molecule has 1 N–H and O–H groups in total. The van der Waals surface area contributed by atoms with E-state index in [1.54, 1.807) is 0 Å². The predicted molar refractivity (Wildman–Crippen MR) is 77.2 cm³/mol. The molecule has 0 atom stereocenters. The van der Waals surface area contributed by atoms with E-state index in [1.807, 2.05) is 12.5 Å². The summed E-state index contributed by atoms with van der Waals surface area (Å²) in [6.07, 6.45) is 6.39. The van der Waals surface area contributed by atoms with E-state index in [4.69, 9.17) is 0 Å². The zero-order valence-corrected chi connectivity index (χ0v) is 11.5. The van der Waals surface area contributed by atoms with Crippen LogP contribution in [0, 0.1) is 0 Å². The van der Waals surface area contributed by atoms with Crippen molar-refractivity contribution in [3.63, 3.8) is 0 Å². The molecule has 19 heavy (non-hydrogen) atoms. The van der Waals surface area contributed by atoms with E-state index in [9.17, 15) is 0 Å². The molecule has 0 saturated carbocycles. The van der Waals surface area contributed by atoms with Gasteiger partial charge in [0.05, 0.1) is 6.33 Å². The molecule has 1 aliphatic rings. The van der Waals surface area contributed by atoms with Crippen molar-refractivity contribution in [1.29, 1.82) is 0 Å². The van der Waals surface area contributed by atoms with Crippen molar-refractivity contribution < 1.29 is 0 Å². The van der Waals surface area contributed by atoms with Crippen molar-refractivity contribution in [1.82, 2.24) is 14.9 Å². The maximum Gasteiger partial charge on any atom is 0.0951 e. The Morgan fingerprint density at radius 3 is 2.68 bits per heavy atom. The summed E-state index contributed by atoms with van der Waals surface area (Å²) in [5, 5.41) is 3.44. The Morgan fingerprint density at radius 1 is 1.21 bits per heavy atom.